The number of rotatable bonds is 2. The molecule has 0 aromatic rings. The summed E-state index contributed by atoms with van der Waals surface area (Å²) in [5, 5.41) is 0. The zero-order valence-corrected chi connectivity index (χ0v) is 22.1. The molecular formula is C20H33Cl2KU. The van der Waals surface area contributed by atoms with Gasteiger partial charge in [0, 0.05) is 0 Å². The Hall–Kier alpha value is 2.23. The average Bonchev–Trinajstić information content (AvgIpc) is 2.63. The van der Waals surface area contributed by atoms with Crippen LogP contribution in [-0.4, -0.2) is 51.4 Å². The second-order valence-corrected chi connectivity index (χ2v) is 13.1. The number of hydrogen-bond donors (Lipinski definition) is 0. The molecule has 2 aliphatic carbocycles. The molecule has 0 aliphatic heterocycles. The van der Waals surface area contributed by atoms with E-state index in [-0.39, 0.29) is 76.2 Å². The first-order valence-electron chi connectivity index (χ1n) is 8.00. The molecule has 0 saturated heterocycles. The van der Waals surface area contributed by atoms with Crippen molar-refractivity contribution >= 4 is 76.2 Å². The van der Waals surface area contributed by atoms with E-state index in [0.717, 1.165) is 0 Å². The molecule has 0 heterocycles. The van der Waals surface area contributed by atoms with Crippen LogP contribution in [0.25, 0.3) is 0 Å². The van der Waals surface area contributed by atoms with Crippen molar-refractivity contribution in [2.75, 3.05) is 0 Å². The van der Waals surface area contributed by atoms with Crippen LogP contribution in [0, 0.1) is 38.6 Å². The van der Waals surface area contributed by atoms with Gasteiger partial charge in [-0.05, 0) is 0 Å². The van der Waals surface area contributed by atoms with Crippen molar-refractivity contribution in [2.24, 2.45) is 10.8 Å². The van der Waals surface area contributed by atoms with Crippen molar-refractivity contribution in [2.45, 2.75) is 69.2 Å². The number of halogens is 2. The fourth-order valence-corrected chi connectivity index (χ4v) is 12.1. The Morgan fingerprint density at radius 3 is 0.958 bits per heavy atom. The fourth-order valence-electron chi connectivity index (χ4n) is 3.81. The van der Waals surface area contributed by atoms with Gasteiger partial charge in [-0.3, -0.25) is 0 Å². The Bertz CT molecular complexity index is 591. The van der Waals surface area contributed by atoms with Crippen molar-refractivity contribution in [3.63, 3.8) is 0 Å². The molecule has 0 unspecified atom stereocenters. The van der Waals surface area contributed by atoms with Gasteiger partial charge in [-0.2, -0.15) is 0 Å². The van der Waals surface area contributed by atoms with E-state index in [1.54, 1.807) is 33.4 Å². The molecule has 0 aromatic heterocycles. The van der Waals surface area contributed by atoms with Gasteiger partial charge in [-0.1, -0.05) is 0 Å². The van der Waals surface area contributed by atoms with Gasteiger partial charge in [0.1, 0.15) is 0 Å². The molecule has 4 heteroatoms. The molecule has 0 fully saturated rings. The van der Waals surface area contributed by atoms with Crippen LogP contribution in [0.4, 0.5) is 0 Å². The molecule has 132 valence electrons. The van der Waals surface area contributed by atoms with Gasteiger partial charge in [0.15, 0.2) is 0 Å². The van der Waals surface area contributed by atoms with E-state index in [9.17, 15) is 0 Å². The van der Waals surface area contributed by atoms with Gasteiger partial charge in [0.25, 0.3) is 0 Å². The molecule has 0 atom stereocenters. The first-order chi connectivity index (χ1) is 9.44. The van der Waals surface area contributed by atoms with Crippen LogP contribution >= 0.6 is 24.8 Å². The van der Waals surface area contributed by atoms with Crippen molar-refractivity contribution in [3.8, 4) is 0 Å². The Labute approximate surface area is 219 Å². The Balaban J connectivity index is 0. The van der Waals surface area contributed by atoms with Crippen LogP contribution < -0.4 is 0 Å². The predicted octanol–water partition coefficient (Wildman–Crippen LogP) is 6.57. The summed E-state index contributed by atoms with van der Waals surface area (Å²) in [6, 6.07) is 0. The zero-order valence-electron chi connectivity index (χ0n) is 16.3. The SMILES string of the molecule is CC1=C(C)C(C)(C)[C]([U][C]2=C(C)C(C)=C(C)C2(C)C)=C1C.Cl.Cl.[KH]. The molecule has 0 aromatic carbocycles. The van der Waals surface area contributed by atoms with Gasteiger partial charge in [-0.25, -0.2) is 0 Å². The molecule has 0 N–H and O–H groups in total. The van der Waals surface area contributed by atoms with E-state index < -0.39 is 27.7 Å². The van der Waals surface area contributed by atoms with Crippen molar-refractivity contribution in [1.29, 1.82) is 0 Å². The van der Waals surface area contributed by atoms with Crippen LogP contribution in [-0.2, 0) is 0 Å². The molecule has 2 aliphatic rings. The predicted molar refractivity (Wildman–Crippen MR) is 111 cm³/mol. The van der Waals surface area contributed by atoms with Crippen molar-refractivity contribution in [3.05, 3.63) is 38.7 Å². The summed E-state index contributed by atoms with van der Waals surface area (Å²) in [4.78, 5) is 0. The molecular weight excluding hydrogens is 588 g/mol. The normalized spacial score (nSPS) is 21.4. The monoisotopic (exact) mass is 620 g/mol. The average molecular weight is 622 g/mol. The summed E-state index contributed by atoms with van der Waals surface area (Å²) in [6.45, 7) is 23.8. The Morgan fingerprint density at radius 2 is 0.792 bits per heavy atom. The second-order valence-electron chi connectivity index (χ2n) is 7.88. The molecule has 0 bridgehead atoms. The summed E-state index contributed by atoms with van der Waals surface area (Å²) in [5.41, 5.74) is 10.2. The van der Waals surface area contributed by atoms with Gasteiger partial charge < -0.3 is 0 Å². The topological polar surface area (TPSA) is 0 Å². The molecule has 0 spiro atoms. The Kier molecular flexibility index (Phi) is 11.4. The fraction of sp³-hybridized carbons (Fsp3) is 0.600. The number of hydrogen-bond acceptors (Lipinski definition) is 0. The number of allylic oxidation sites excluding steroid dienone is 8. The maximum absolute atomic E-state index is 2.44. The molecule has 0 saturated carbocycles. The van der Waals surface area contributed by atoms with E-state index in [1.807, 2.05) is 5.21 Å². The van der Waals surface area contributed by atoms with E-state index >= 15 is 0 Å². The molecule has 0 amide bonds. The first-order valence-corrected chi connectivity index (χ1v) is 12.2. The quantitative estimate of drug-likeness (QED) is 0.307. The van der Waals surface area contributed by atoms with E-state index in [1.165, 1.54) is 0 Å². The summed E-state index contributed by atoms with van der Waals surface area (Å²) >= 11 is -1.16. The van der Waals surface area contributed by atoms with Crippen LogP contribution in [0.15, 0.2) is 38.7 Å². The van der Waals surface area contributed by atoms with E-state index in [0.29, 0.717) is 10.8 Å². The third-order valence-electron chi connectivity index (χ3n) is 6.38. The van der Waals surface area contributed by atoms with E-state index in [2.05, 4.69) is 69.2 Å². The van der Waals surface area contributed by atoms with Crippen molar-refractivity contribution in [1.82, 2.24) is 0 Å². The third kappa shape index (κ3) is 4.45. The van der Waals surface area contributed by atoms with Crippen LogP contribution in [0.2, 0.25) is 0 Å². The van der Waals surface area contributed by atoms with E-state index in [4.69, 9.17) is 0 Å². The summed E-state index contributed by atoms with van der Waals surface area (Å²) in [5.74, 6) is 0. The summed E-state index contributed by atoms with van der Waals surface area (Å²) in [7, 11) is 0. The Morgan fingerprint density at radius 1 is 0.542 bits per heavy atom. The van der Waals surface area contributed by atoms with Gasteiger partial charge in [0.05, 0.1) is 0 Å². The van der Waals surface area contributed by atoms with Crippen molar-refractivity contribution < 1.29 is 27.7 Å². The van der Waals surface area contributed by atoms with Gasteiger partial charge in [-0.15, -0.1) is 24.8 Å². The molecule has 2 rings (SSSR count). The van der Waals surface area contributed by atoms with Gasteiger partial charge in [0.2, 0.25) is 0 Å². The summed E-state index contributed by atoms with van der Waals surface area (Å²) < 4.78 is 3.67. The summed E-state index contributed by atoms with van der Waals surface area (Å²) in [6.07, 6.45) is 0. The molecule has 24 heavy (non-hydrogen) atoms. The van der Waals surface area contributed by atoms with Crippen LogP contribution in [0.5, 0.6) is 0 Å². The zero-order chi connectivity index (χ0) is 16.3. The minimum atomic E-state index is -1.16. The third-order valence-corrected chi connectivity index (χ3v) is 16.8. The first kappa shape index (κ1) is 28.4. The maximum atomic E-state index is 2.44. The standard InChI is InChI=1S/2C10H15.2ClH.K.U.H/c2*1-7-6-10(4,5)9(3)8(7)2;;;;;/h2*1-5H3;2*1H;;;. The minimum absolute atomic E-state index is 0. The molecule has 0 nitrogen and oxygen atoms in total. The molecule has 0 radical (unpaired) electrons. The van der Waals surface area contributed by atoms with Crippen LogP contribution in [0.1, 0.15) is 69.2 Å². The second kappa shape index (κ2) is 9.62. The van der Waals surface area contributed by atoms with Gasteiger partial charge >= 0.3 is 198 Å². The van der Waals surface area contributed by atoms with Crippen LogP contribution in [0.3, 0.4) is 0 Å².